The fourth-order valence-electron chi connectivity index (χ4n) is 1.96. The Morgan fingerprint density at radius 2 is 1.72 bits per heavy atom. The van der Waals surface area contributed by atoms with Crippen LogP contribution in [0.15, 0.2) is 29.1 Å². The van der Waals surface area contributed by atoms with Crippen LogP contribution in [-0.4, -0.2) is 10.2 Å². The Hall–Kier alpha value is -1.81. The smallest absolute Gasteiger partial charge is 0.269 e. The molecule has 0 spiro atoms. The largest absolute Gasteiger partial charge is 0.326 e. The summed E-state index contributed by atoms with van der Waals surface area (Å²) in [5, 5.41) is 5.45. The molecule has 4 heteroatoms. The van der Waals surface area contributed by atoms with E-state index in [9.17, 15) is 4.79 Å². The molecule has 96 valence electrons. The molecule has 0 aliphatic heterocycles. The minimum atomic E-state index is -0.146. The van der Waals surface area contributed by atoms with Crippen LogP contribution in [0.1, 0.15) is 31.9 Å². The average Bonchev–Trinajstić information content (AvgIpc) is 2.69. The predicted molar refractivity (Wildman–Crippen MR) is 73.4 cm³/mol. The van der Waals surface area contributed by atoms with Crippen molar-refractivity contribution in [2.75, 3.05) is 0 Å². The number of nitrogens with two attached hydrogens (primary N) is 1. The number of rotatable bonds is 2. The second-order valence-electron chi connectivity index (χ2n) is 5.46. The molecule has 18 heavy (non-hydrogen) atoms. The van der Waals surface area contributed by atoms with E-state index in [1.54, 1.807) is 0 Å². The maximum absolute atomic E-state index is 11.5. The van der Waals surface area contributed by atoms with Crippen LogP contribution in [0.5, 0.6) is 0 Å². The highest BCUT2D eigenvalue weighted by molar-refractivity contribution is 5.63. The summed E-state index contributed by atoms with van der Waals surface area (Å²) in [5.41, 5.74) is 9.18. The summed E-state index contributed by atoms with van der Waals surface area (Å²) in [6, 6.07) is 8.19. The van der Waals surface area contributed by atoms with E-state index >= 15 is 0 Å². The van der Waals surface area contributed by atoms with Gasteiger partial charge in [-0.15, -0.1) is 0 Å². The van der Waals surface area contributed by atoms with E-state index < -0.39 is 0 Å². The number of benzene rings is 1. The quantitative estimate of drug-likeness (QED) is 0.758. The van der Waals surface area contributed by atoms with Gasteiger partial charge in [0.15, 0.2) is 0 Å². The van der Waals surface area contributed by atoms with E-state index in [1.807, 2.05) is 12.1 Å². The van der Waals surface area contributed by atoms with Gasteiger partial charge in [0, 0.05) is 6.54 Å². The standard InChI is InChI=1S/C14H19N3O/c1-14(2,3)10-6-4-9(5-7-10)12-11(8-15)13(18)17-16-12/h4-7H,8,15H2,1-3H3,(H2,16,17,18). The second kappa shape index (κ2) is 4.46. The number of aromatic nitrogens is 2. The highest BCUT2D eigenvalue weighted by Gasteiger charge is 2.14. The molecule has 0 aliphatic rings. The van der Waals surface area contributed by atoms with Crippen LogP contribution in [0.3, 0.4) is 0 Å². The van der Waals surface area contributed by atoms with Crippen molar-refractivity contribution in [2.45, 2.75) is 32.7 Å². The van der Waals surface area contributed by atoms with E-state index in [0.29, 0.717) is 5.56 Å². The third-order valence-electron chi connectivity index (χ3n) is 3.12. The van der Waals surface area contributed by atoms with E-state index in [2.05, 4.69) is 43.1 Å². The molecule has 0 saturated heterocycles. The van der Waals surface area contributed by atoms with Crippen LogP contribution >= 0.6 is 0 Å². The predicted octanol–water partition coefficient (Wildman–Crippen LogP) is 2.13. The SMILES string of the molecule is CC(C)(C)c1ccc(-c2[nH][nH]c(=O)c2CN)cc1. The topological polar surface area (TPSA) is 74.7 Å². The molecule has 0 aliphatic carbocycles. The molecule has 0 bridgehead atoms. The first-order chi connectivity index (χ1) is 8.43. The first-order valence-electron chi connectivity index (χ1n) is 6.04. The molecule has 1 aromatic heterocycles. The molecule has 0 amide bonds. The van der Waals surface area contributed by atoms with Crippen molar-refractivity contribution in [2.24, 2.45) is 5.73 Å². The molecule has 0 fully saturated rings. The lowest BCUT2D eigenvalue weighted by Crippen LogP contribution is -2.11. The molecule has 0 unspecified atom stereocenters. The van der Waals surface area contributed by atoms with Gasteiger partial charge in [-0.05, 0) is 16.5 Å². The first-order valence-corrected chi connectivity index (χ1v) is 6.04. The van der Waals surface area contributed by atoms with Crippen molar-refractivity contribution in [1.29, 1.82) is 0 Å². The van der Waals surface area contributed by atoms with Gasteiger partial charge in [-0.25, -0.2) is 0 Å². The van der Waals surface area contributed by atoms with Gasteiger partial charge in [0.2, 0.25) is 0 Å². The number of H-pyrrole nitrogens is 2. The molecule has 0 saturated carbocycles. The molecule has 2 rings (SSSR count). The molecule has 0 atom stereocenters. The van der Waals surface area contributed by atoms with E-state index in [-0.39, 0.29) is 17.5 Å². The van der Waals surface area contributed by atoms with Crippen LogP contribution in [0.4, 0.5) is 0 Å². The molecule has 2 aromatic rings. The summed E-state index contributed by atoms with van der Waals surface area (Å²) in [4.78, 5) is 11.5. The highest BCUT2D eigenvalue weighted by atomic mass is 16.1. The third kappa shape index (κ3) is 2.24. The zero-order valence-electron chi connectivity index (χ0n) is 11.0. The van der Waals surface area contributed by atoms with Gasteiger partial charge in [-0.3, -0.25) is 15.0 Å². The Morgan fingerprint density at radius 1 is 1.11 bits per heavy atom. The van der Waals surface area contributed by atoms with Gasteiger partial charge in [-0.2, -0.15) is 0 Å². The van der Waals surface area contributed by atoms with Crippen molar-refractivity contribution in [3.05, 3.63) is 45.7 Å². The van der Waals surface area contributed by atoms with Crippen LogP contribution in [0, 0.1) is 0 Å². The van der Waals surface area contributed by atoms with Crippen molar-refractivity contribution < 1.29 is 0 Å². The normalized spacial score (nSPS) is 11.8. The fourth-order valence-corrected chi connectivity index (χ4v) is 1.96. The average molecular weight is 245 g/mol. The maximum atomic E-state index is 11.5. The summed E-state index contributed by atoms with van der Waals surface area (Å²) in [5.74, 6) is 0. The molecular formula is C14H19N3O. The summed E-state index contributed by atoms with van der Waals surface area (Å²) >= 11 is 0. The molecule has 4 N–H and O–H groups in total. The minimum Gasteiger partial charge on any atom is -0.326 e. The Morgan fingerprint density at radius 3 is 2.22 bits per heavy atom. The van der Waals surface area contributed by atoms with Crippen molar-refractivity contribution in [3.63, 3.8) is 0 Å². The lowest BCUT2D eigenvalue weighted by atomic mass is 9.86. The molecule has 0 radical (unpaired) electrons. The number of hydrogen-bond acceptors (Lipinski definition) is 2. The van der Waals surface area contributed by atoms with Gasteiger partial charge in [0.05, 0.1) is 11.3 Å². The Labute approximate surface area is 106 Å². The molecule has 4 nitrogen and oxygen atoms in total. The minimum absolute atomic E-state index is 0.126. The molecule has 1 heterocycles. The number of aromatic amines is 2. The van der Waals surface area contributed by atoms with Crippen molar-refractivity contribution >= 4 is 0 Å². The van der Waals surface area contributed by atoms with Crippen LogP contribution in [0.2, 0.25) is 0 Å². The molecule has 1 aromatic carbocycles. The van der Waals surface area contributed by atoms with Crippen LogP contribution < -0.4 is 11.3 Å². The first kappa shape index (κ1) is 12.6. The summed E-state index contributed by atoms with van der Waals surface area (Å²) in [6.45, 7) is 6.75. The Balaban J connectivity index is 2.44. The van der Waals surface area contributed by atoms with Crippen molar-refractivity contribution in [3.8, 4) is 11.3 Å². The summed E-state index contributed by atoms with van der Waals surface area (Å²) < 4.78 is 0. The van der Waals surface area contributed by atoms with Crippen LogP contribution in [-0.2, 0) is 12.0 Å². The lowest BCUT2D eigenvalue weighted by Gasteiger charge is -2.19. The van der Waals surface area contributed by atoms with Crippen molar-refractivity contribution in [1.82, 2.24) is 10.2 Å². The zero-order chi connectivity index (χ0) is 13.3. The Kier molecular flexibility index (Phi) is 3.13. The van der Waals surface area contributed by atoms with Gasteiger partial charge in [0.25, 0.3) is 5.56 Å². The zero-order valence-corrected chi connectivity index (χ0v) is 11.0. The third-order valence-corrected chi connectivity index (χ3v) is 3.12. The monoisotopic (exact) mass is 245 g/mol. The van der Waals surface area contributed by atoms with Gasteiger partial charge < -0.3 is 5.73 Å². The maximum Gasteiger partial charge on any atom is 0.269 e. The van der Waals surface area contributed by atoms with Gasteiger partial charge >= 0.3 is 0 Å². The van der Waals surface area contributed by atoms with E-state index in [4.69, 9.17) is 5.73 Å². The number of nitrogens with one attached hydrogen (secondary N) is 2. The van der Waals surface area contributed by atoms with E-state index in [0.717, 1.165) is 11.3 Å². The Bertz CT molecular complexity index is 585. The lowest BCUT2D eigenvalue weighted by molar-refractivity contribution is 0.590. The summed E-state index contributed by atoms with van der Waals surface area (Å²) in [6.07, 6.45) is 0. The highest BCUT2D eigenvalue weighted by Crippen LogP contribution is 2.25. The molecular weight excluding hydrogens is 226 g/mol. The number of hydrogen-bond donors (Lipinski definition) is 3. The summed E-state index contributed by atoms with van der Waals surface area (Å²) in [7, 11) is 0. The second-order valence-corrected chi connectivity index (χ2v) is 5.46. The fraction of sp³-hybridized carbons (Fsp3) is 0.357. The van der Waals surface area contributed by atoms with Gasteiger partial charge in [-0.1, -0.05) is 45.0 Å². The van der Waals surface area contributed by atoms with Gasteiger partial charge in [0.1, 0.15) is 0 Å². The van der Waals surface area contributed by atoms with E-state index in [1.165, 1.54) is 5.56 Å². The van der Waals surface area contributed by atoms with Crippen LogP contribution in [0.25, 0.3) is 11.3 Å².